The van der Waals surface area contributed by atoms with E-state index in [4.69, 9.17) is 10.5 Å². The molecule has 0 bridgehead atoms. The van der Waals surface area contributed by atoms with Crippen molar-refractivity contribution in [3.8, 4) is 11.4 Å². The molecule has 1 aromatic heterocycles. The minimum atomic E-state index is -0.501. The number of rotatable bonds is 9. The molecule has 0 aliphatic rings. The van der Waals surface area contributed by atoms with Crippen molar-refractivity contribution < 1.29 is 14.3 Å². The molecule has 0 aliphatic heterocycles. The highest BCUT2D eigenvalue weighted by molar-refractivity contribution is 5.93. The van der Waals surface area contributed by atoms with E-state index in [1.54, 1.807) is 24.3 Å². The van der Waals surface area contributed by atoms with E-state index in [2.05, 4.69) is 20.7 Å². The fourth-order valence-corrected chi connectivity index (χ4v) is 2.01. The maximum atomic E-state index is 11.8. The molecule has 2 rings (SSSR count). The number of primary amides is 1. The summed E-state index contributed by atoms with van der Waals surface area (Å²) in [6, 6.07) is 6.53. The number of aromatic nitrogens is 4. The lowest BCUT2D eigenvalue weighted by atomic mass is 10.1. The summed E-state index contributed by atoms with van der Waals surface area (Å²) < 4.78 is 5.40. The zero-order chi connectivity index (χ0) is 18.2. The van der Waals surface area contributed by atoms with Gasteiger partial charge in [-0.05, 0) is 37.6 Å². The maximum absolute atomic E-state index is 11.8. The number of hydrogen-bond acceptors (Lipinski definition) is 6. The third kappa shape index (κ3) is 5.96. The number of nitrogens with one attached hydrogen (secondary N) is 1. The van der Waals surface area contributed by atoms with Crippen molar-refractivity contribution in [3.63, 3.8) is 0 Å². The van der Waals surface area contributed by atoms with Crippen molar-refractivity contribution in [1.29, 1.82) is 0 Å². The topological polar surface area (TPSA) is 125 Å². The lowest BCUT2D eigenvalue weighted by Gasteiger charge is -2.07. The van der Waals surface area contributed by atoms with Gasteiger partial charge in [0.1, 0.15) is 6.54 Å². The molecule has 25 heavy (non-hydrogen) atoms. The van der Waals surface area contributed by atoms with Crippen LogP contribution in [-0.4, -0.2) is 51.3 Å². The first-order valence-corrected chi connectivity index (χ1v) is 8.02. The Bertz CT molecular complexity index is 711. The monoisotopic (exact) mass is 346 g/mol. The van der Waals surface area contributed by atoms with Crippen LogP contribution in [0.15, 0.2) is 24.3 Å². The summed E-state index contributed by atoms with van der Waals surface area (Å²) in [6.07, 6.45) is 0.928. The molecular weight excluding hydrogens is 324 g/mol. The maximum Gasteiger partial charge on any atom is 0.248 e. The average Bonchev–Trinajstić information content (AvgIpc) is 3.02. The van der Waals surface area contributed by atoms with Crippen LogP contribution in [0.4, 0.5) is 0 Å². The second kappa shape index (κ2) is 8.88. The summed E-state index contributed by atoms with van der Waals surface area (Å²) >= 11 is 0. The zero-order valence-corrected chi connectivity index (χ0v) is 14.3. The van der Waals surface area contributed by atoms with Gasteiger partial charge < -0.3 is 15.8 Å². The summed E-state index contributed by atoms with van der Waals surface area (Å²) in [4.78, 5) is 24.1. The standard InChI is InChI=1S/C16H22N6O3/c1-11(2)25-9-3-8-18-14(23)10-22-20-16(19-21-22)13-6-4-12(5-7-13)15(17)24/h4-7,11H,3,8-10H2,1-2H3,(H2,17,24)(H,18,23). The SMILES string of the molecule is CC(C)OCCCNC(=O)Cn1nnc(-c2ccc(C(N)=O)cc2)n1. The average molecular weight is 346 g/mol. The van der Waals surface area contributed by atoms with E-state index in [0.29, 0.717) is 30.1 Å². The lowest BCUT2D eigenvalue weighted by molar-refractivity contribution is -0.122. The summed E-state index contributed by atoms with van der Waals surface area (Å²) in [6.45, 7) is 5.05. The molecule has 0 radical (unpaired) electrons. The molecule has 0 spiro atoms. The number of ether oxygens (including phenoxy) is 1. The van der Waals surface area contributed by atoms with Crippen LogP contribution in [0.3, 0.4) is 0 Å². The smallest absolute Gasteiger partial charge is 0.248 e. The highest BCUT2D eigenvalue weighted by Gasteiger charge is 2.10. The van der Waals surface area contributed by atoms with Crippen LogP contribution in [0.5, 0.6) is 0 Å². The first-order valence-electron chi connectivity index (χ1n) is 8.02. The van der Waals surface area contributed by atoms with Crippen LogP contribution in [0.1, 0.15) is 30.6 Å². The van der Waals surface area contributed by atoms with E-state index in [1.807, 2.05) is 13.8 Å². The molecule has 0 saturated heterocycles. The van der Waals surface area contributed by atoms with Gasteiger partial charge in [0.2, 0.25) is 17.6 Å². The molecule has 2 amide bonds. The molecule has 1 heterocycles. The molecule has 0 aliphatic carbocycles. The van der Waals surface area contributed by atoms with Gasteiger partial charge in [0.05, 0.1) is 6.10 Å². The van der Waals surface area contributed by atoms with Crippen LogP contribution in [0.2, 0.25) is 0 Å². The molecule has 3 N–H and O–H groups in total. The van der Waals surface area contributed by atoms with Crippen LogP contribution >= 0.6 is 0 Å². The number of benzene rings is 1. The second-order valence-electron chi connectivity index (χ2n) is 5.71. The Labute approximate surface area is 145 Å². The van der Waals surface area contributed by atoms with E-state index in [0.717, 1.165) is 6.42 Å². The van der Waals surface area contributed by atoms with Gasteiger partial charge in [-0.2, -0.15) is 4.80 Å². The van der Waals surface area contributed by atoms with Gasteiger partial charge in [0.15, 0.2) is 0 Å². The number of hydrogen-bond donors (Lipinski definition) is 2. The Morgan fingerprint density at radius 3 is 2.64 bits per heavy atom. The van der Waals surface area contributed by atoms with E-state index >= 15 is 0 Å². The molecular formula is C16H22N6O3. The van der Waals surface area contributed by atoms with Gasteiger partial charge in [0.25, 0.3) is 0 Å². The van der Waals surface area contributed by atoms with Crippen LogP contribution < -0.4 is 11.1 Å². The molecule has 1 aromatic carbocycles. The molecule has 9 heteroatoms. The number of amides is 2. The quantitative estimate of drug-likeness (QED) is 0.632. The molecule has 0 atom stereocenters. The molecule has 2 aromatic rings. The van der Waals surface area contributed by atoms with Crippen LogP contribution in [0.25, 0.3) is 11.4 Å². The third-order valence-electron chi connectivity index (χ3n) is 3.26. The third-order valence-corrected chi connectivity index (χ3v) is 3.26. The van der Waals surface area contributed by atoms with Gasteiger partial charge in [-0.25, -0.2) is 0 Å². The van der Waals surface area contributed by atoms with Gasteiger partial charge in [-0.1, -0.05) is 12.1 Å². The van der Waals surface area contributed by atoms with E-state index in [-0.39, 0.29) is 18.6 Å². The van der Waals surface area contributed by atoms with Crippen LogP contribution in [-0.2, 0) is 16.1 Å². The summed E-state index contributed by atoms with van der Waals surface area (Å²) in [5.41, 5.74) is 6.28. The van der Waals surface area contributed by atoms with Crippen LogP contribution in [0, 0.1) is 0 Å². The number of tetrazole rings is 1. The number of carbonyl (C=O) groups is 2. The van der Waals surface area contributed by atoms with Crippen molar-refractivity contribution in [1.82, 2.24) is 25.5 Å². The summed E-state index contributed by atoms with van der Waals surface area (Å²) in [7, 11) is 0. The fraction of sp³-hybridized carbons (Fsp3) is 0.438. The van der Waals surface area contributed by atoms with Crippen molar-refractivity contribution >= 4 is 11.8 Å². The van der Waals surface area contributed by atoms with E-state index in [1.165, 1.54) is 4.80 Å². The lowest BCUT2D eigenvalue weighted by Crippen LogP contribution is -2.30. The minimum Gasteiger partial charge on any atom is -0.379 e. The number of nitrogens with zero attached hydrogens (tertiary/aromatic N) is 4. The minimum absolute atomic E-state index is 0.0165. The zero-order valence-electron chi connectivity index (χ0n) is 14.3. The highest BCUT2D eigenvalue weighted by Crippen LogP contribution is 2.14. The van der Waals surface area contributed by atoms with Gasteiger partial charge in [-0.15, -0.1) is 10.2 Å². The Balaban J connectivity index is 1.82. The molecule has 9 nitrogen and oxygen atoms in total. The normalized spacial score (nSPS) is 10.8. The molecule has 0 fully saturated rings. The molecule has 0 saturated carbocycles. The predicted octanol–water partition coefficient (Wildman–Crippen LogP) is 0.370. The first-order chi connectivity index (χ1) is 12.0. The second-order valence-corrected chi connectivity index (χ2v) is 5.71. The van der Waals surface area contributed by atoms with E-state index in [9.17, 15) is 9.59 Å². The van der Waals surface area contributed by atoms with Crippen molar-refractivity contribution in [2.24, 2.45) is 5.73 Å². The molecule has 0 unspecified atom stereocenters. The van der Waals surface area contributed by atoms with Gasteiger partial charge >= 0.3 is 0 Å². The van der Waals surface area contributed by atoms with Gasteiger partial charge in [0, 0.05) is 24.3 Å². The Morgan fingerprint density at radius 1 is 1.28 bits per heavy atom. The summed E-state index contributed by atoms with van der Waals surface area (Å²) in [5, 5.41) is 14.7. The van der Waals surface area contributed by atoms with Gasteiger partial charge in [-0.3, -0.25) is 9.59 Å². The Kier molecular flexibility index (Phi) is 6.58. The highest BCUT2D eigenvalue weighted by atomic mass is 16.5. The number of carbonyl (C=O) groups excluding carboxylic acids is 2. The fourth-order valence-electron chi connectivity index (χ4n) is 2.01. The largest absolute Gasteiger partial charge is 0.379 e. The first kappa shape index (κ1) is 18.5. The molecule has 134 valence electrons. The summed E-state index contributed by atoms with van der Waals surface area (Å²) in [5.74, 6) is -0.328. The number of nitrogens with two attached hydrogens (primary N) is 1. The van der Waals surface area contributed by atoms with Crippen molar-refractivity contribution in [3.05, 3.63) is 29.8 Å². The predicted molar refractivity (Wildman–Crippen MR) is 90.5 cm³/mol. The Hall–Kier alpha value is -2.81. The Morgan fingerprint density at radius 2 is 2.00 bits per heavy atom. The van der Waals surface area contributed by atoms with Crippen molar-refractivity contribution in [2.45, 2.75) is 32.9 Å². The van der Waals surface area contributed by atoms with E-state index < -0.39 is 5.91 Å². The van der Waals surface area contributed by atoms with Crippen molar-refractivity contribution in [2.75, 3.05) is 13.2 Å².